The Bertz CT molecular complexity index is 71.1. The van der Waals surface area contributed by atoms with Gasteiger partial charge in [-0.15, -0.1) is 0 Å². The number of ether oxygens (including phenoxy) is 1. The molecule has 0 fully saturated rings. The largest absolute Gasteiger partial charge is 0.388 e. The normalized spacial score (nSPS) is 9.62. The van der Waals surface area contributed by atoms with Crippen molar-refractivity contribution in [2.45, 2.75) is 0 Å². The molecule has 0 atom stereocenters. The summed E-state index contributed by atoms with van der Waals surface area (Å²) in [6.07, 6.45) is 0. The first-order valence-corrected chi connectivity index (χ1v) is 5.93. The van der Waals surface area contributed by atoms with Gasteiger partial charge in [-0.3, -0.25) is 4.57 Å². The lowest BCUT2D eigenvalue weighted by Crippen LogP contribution is -1.55. The van der Waals surface area contributed by atoms with Crippen molar-refractivity contribution in [1.82, 2.24) is 0 Å². The quantitative estimate of drug-likeness (QED) is 0.560. The lowest BCUT2D eigenvalue weighted by molar-refractivity contribution is 0.277. The summed E-state index contributed by atoms with van der Waals surface area (Å²) in [5.74, 6) is 0. The summed E-state index contributed by atoms with van der Waals surface area (Å²) >= 11 is 13.8. The zero-order valence-corrected chi connectivity index (χ0v) is 7.56. The van der Waals surface area contributed by atoms with E-state index < -0.39 is 5.20 Å². The maximum Gasteiger partial charge on any atom is 0.339 e. The third-order valence-electron chi connectivity index (χ3n) is 0. The van der Waals surface area contributed by atoms with Crippen molar-refractivity contribution in [3.8, 4) is 0 Å². The topological polar surface area (TPSA) is 26.3 Å². The van der Waals surface area contributed by atoms with Gasteiger partial charge in [0.1, 0.15) is 0 Å². The smallest absolute Gasteiger partial charge is 0.339 e. The molecule has 0 saturated carbocycles. The van der Waals surface area contributed by atoms with Crippen molar-refractivity contribution >= 4 is 38.9 Å². The lowest BCUT2D eigenvalue weighted by atomic mass is 11.6. The van der Waals surface area contributed by atoms with E-state index in [0.29, 0.717) is 0 Å². The Balaban J connectivity index is 0. The van der Waals surface area contributed by atoms with Crippen molar-refractivity contribution in [2.24, 2.45) is 0 Å². The van der Waals surface area contributed by atoms with Crippen LogP contribution in [0.25, 0.3) is 0 Å². The molecule has 0 aliphatic heterocycles. The number of rotatable bonds is 0. The van der Waals surface area contributed by atoms with Crippen molar-refractivity contribution in [1.29, 1.82) is 0 Å². The van der Waals surface area contributed by atoms with Gasteiger partial charge in [0, 0.05) is 14.2 Å². The van der Waals surface area contributed by atoms with Gasteiger partial charge in [0.05, 0.1) is 0 Å². The molecular weight excluding hydrogens is 193 g/mol. The van der Waals surface area contributed by atoms with Crippen LogP contribution in [0.5, 0.6) is 0 Å². The molecule has 0 aromatic rings. The van der Waals surface area contributed by atoms with Gasteiger partial charge in [-0.1, -0.05) is 0 Å². The second kappa shape index (κ2) is 6.18. The first kappa shape index (κ1) is 11.8. The van der Waals surface area contributed by atoms with E-state index in [1.165, 1.54) is 0 Å². The summed E-state index contributed by atoms with van der Waals surface area (Å²) in [6.45, 7) is 0. The van der Waals surface area contributed by atoms with Crippen molar-refractivity contribution < 1.29 is 9.30 Å². The maximum atomic E-state index is 9.51. The van der Waals surface area contributed by atoms with E-state index in [2.05, 4.69) is 38.5 Å². The zero-order chi connectivity index (χ0) is 7.21. The van der Waals surface area contributed by atoms with Crippen molar-refractivity contribution in [3.05, 3.63) is 0 Å². The van der Waals surface area contributed by atoms with Gasteiger partial charge in [0.15, 0.2) is 0 Å². The SMILES string of the molecule is COC.O=P(Cl)(Cl)Cl. The molecular formula is C2H6Cl3O2P. The molecule has 0 N–H and O–H groups in total. The average molecular weight is 199 g/mol. The zero-order valence-electron chi connectivity index (χ0n) is 4.40. The Labute approximate surface area is 62.8 Å². The summed E-state index contributed by atoms with van der Waals surface area (Å²) < 4.78 is 13.8. The molecule has 0 bridgehead atoms. The van der Waals surface area contributed by atoms with Crippen LogP contribution in [0.4, 0.5) is 0 Å². The van der Waals surface area contributed by atoms with E-state index in [9.17, 15) is 4.57 Å². The second-order valence-electron chi connectivity index (χ2n) is 0.807. The highest BCUT2D eigenvalue weighted by Crippen LogP contribution is 2.61. The predicted octanol–water partition coefficient (Wildman–Crippen LogP) is 3.07. The molecule has 6 heteroatoms. The van der Waals surface area contributed by atoms with Crippen LogP contribution in [0.1, 0.15) is 0 Å². The van der Waals surface area contributed by atoms with Gasteiger partial charge >= 0.3 is 5.20 Å². The van der Waals surface area contributed by atoms with Crippen LogP contribution in [0.15, 0.2) is 0 Å². The Morgan fingerprint density at radius 1 is 1.25 bits per heavy atom. The first-order valence-electron chi connectivity index (χ1n) is 1.51. The minimum atomic E-state index is -3.22. The third-order valence-corrected chi connectivity index (χ3v) is 0. The Morgan fingerprint density at radius 2 is 1.25 bits per heavy atom. The minimum Gasteiger partial charge on any atom is -0.388 e. The molecule has 0 heterocycles. The number of methoxy groups -OCH3 is 1. The van der Waals surface area contributed by atoms with E-state index in [1.54, 1.807) is 14.2 Å². The van der Waals surface area contributed by atoms with Gasteiger partial charge in [0.25, 0.3) is 0 Å². The standard InChI is InChI=1S/C2H6O.Cl3OP/c1-3-2;1-5(2,3)4/h1-2H3;. The van der Waals surface area contributed by atoms with Crippen LogP contribution >= 0.6 is 38.9 Å². The molecule has 0 aliphatic rings. The van der Waals surface area contributed by atoms with E-state index >= 15 is 0 Å². The summed E-state index contributed by atoms with van der Waals surface area (Å²) in [6, 6.07) is 0. The van der Waals surface area contributed by atoms with Gasteiger partial charge in [-0.05, 0) is 33.7 Å². The average Bonchev–Trinajstić information content (AvgIpc) is 1.27. The highest BCUT2D eigenvalue weighted by atomic mass is 36.0. The molecule has 52 valence electrons. The maximum absolute atomic E-state index is 9.51. The van der Waals surface area contributed by atoms with Crippen LogP contribution in [0, 0.1) is 0 Å². The fraction of sp³-hybridized carbons (Fsp3) is 1.00. The van der Waals surface area contributed by atoms with Crippen LogP contribution < -0.4 is 0 Å². The molecule has 0 rings (SSSR count). The van der Waals surface area contributed by atoms with Gasteiger partial charge < -0.3 is 4.74 Å². The Kier molecular flexibility index (Phi) is 9.13. The highest BCUT2D eigenvalue weighted by Gasteiger charge is 2.02. The molecule has 0 saturated heterocycles. The highest BCUT2D eigenvalue weighted by molar-refractivity contribution is 8.24. The molecule has 0 aromatic carbocycles. The molecule has 2 nitrogen and oxygen atoms in total. The van der Waals surface area contributed by atoms with Crippen LogP contribution in [0.3, 0.4) is 0 Å². The summed E-state index contributed by atoms with van der Waals surface area (Å²) in [4.78, 5) is 0. The summed E-state index contributed by atoms with van der Waals surface area (Å²) in [7, 11) is 3.25. The van der Waals surface area contributed by atoms with E-state index in [1.807, 2.05) is 0 Å². The van der Waals surface area contributed by atoms with Gasteiger partial charge in [-0.25, -0.2) is 0 Å². The predicted molar refractivity (Wildman–Crippen MR) is 38.1 cm³/mol. The second-order valence-corrected chi connectivity index (χ2v) is 7.45. The number of hydrogen-bond donors (Lipinski definition) is 0. The molecule has 0 unspecified atom stereocenters. The van der Waals surface area contributed by atoms with Crippen LogP contribution in [-0.2, 0) is 9.30 Å². The molecule has 0 amide bonds. The molecule has 0 spiro atoms. The first-order chi connectivity index (χ1) is 3.41. The van der Waals surface area contributed by atoms with Crippen molar-refractivity contribution in [3.63, 3.8) is 0 Å². The molecule has 0 aromatic heterocycles. The Morgan fingerprint density at radius 3 is 1.25 bits per heavy atom. The van der Waals surface area contributed by atoms with Crippen molar-refractivity contribution in [2.75, 3.05) is 14.2 Å². The van der Waals surface area contributed by atoms with Gasteiger partial charge in [-0.2, -0.15) is 0 Å². The lowest BCUT2D eigenvalue weighted by Gasteiger charge is -1.74. The van der Waals surface area contributed by atoms with E-state index in [-0.39, 0.29) is 0 Å². The fourth-order valence-electron chi connectivity index (χ4n) is 0. The number of halogens is 3. The summed E-state index contributed by atoms with van der Waals surface area (Å²) in [5, 5.41) is -3.22. The minimum absolute atomic E-state index is 1.62. The van der Waals surface area contributed by atoms with Crippen LogP contribution in [-0.4, -0.2) is 14.2 Å². The summed E-state index contributed by atoms with van der Waals surface area (Å²) in [5.41, 5.74) is 0. The third kappa shape index (κ3) is 231. The van der Waals surface area contributed by atoms with E-state index in [0.717, 1.165) is 0 Å². The monoisotopic (exact) mass is 198 g/mol. The van der Waals surface area contributed by atoms with Gasteiger partial charge in [0.2, 0.25) is 0 Å². The van der Waals surface area contributed by atoms with Crippen LogP contribution in [0.2, 0.25) is 0 Å². The fourth-order valence-corrected chi connectivity index (χ4v) is 0. The molecule has 0 radical (unpaired) electrons. The Hall–Kier alpha value is 1.06. The van der Waals surface area contributed by atoms with E-state index in [4.69, 9.17) is 0 Å². The molecule has 0 aliphatic carbocycles. The number of hydrogen-bond acceptors (Lipinski definition) is 2. The molecule has 8 heavy (non-hydrogen) atoms.